The molecule has 0 unspecified atom stereocenters. The molecule has 24 heavy (non-hydrogen) atoms. The van der Waals surface area contributed by atoms with Crippen LogP contribution >= 0.6 is 11.8 Å². The minimum absolute atomic E-state index is 0.101. The van der Waals surface area contributed by atoms with Crippen molar-refractivity contribution in [3.63, 3.8) is 0 Å². The lowest BCUT2D eigenvalue weighted by Gasteiger charge is -2.15. The fraction of sp³-hybridized carbons (Fsp3) is 0.421. The summed E-state index contributed by atoms with van der Waals surface area (Å²) in [6.45, 7) is 3.99. The molecule has 126 valence electrons. The van der Waals surface area contributed by atoms with Crippen LogP contribution in [0.1, 0.15) is 47.0 Å². The van der Waals surface area contributed by atoms with E-state index >= 15 is 0 Å². The lowest BCUT2D eigenvalue weighted by Crippen LogP contribution is -2.27. The summed E-state index contributed by atoms with van der Waals surface area (Å²) >= 11 is 1.54. The van der Waals surface area contributed by atoms with Gasteiger partial charge in [0.2, 0.25) is 5.91 Å². The molecule has 0 saturated carbocycles. The molecule has 1 atom stereocenters. The van der Waals surface area contributed by atoms with Gasteiger partial charge in [0, 0.05) is 17.8 Å². The van der Waals surface area contributed by atoms with Crippen LogP contribution in [0.2, 0.25) is 0 Å². The first-order valence-corrected chi connectivity index (χ1v) is 9.56. The van der Waals surface area contributed by atoms with Crippen molar-refractivity contribution in [2.24, 2.45) is 0 Å². The molecule has 0 saturated heterocycles. The summed E-state index contributed by atoms with van der Waals surface area (Å²) in [7, 11) is 0. The average molecular weight is 341 g/mol. The van der Waals surface area contributed by atoms with E-state index in [1.165, 1.54) is 11.1 Å². The second kappa shape index (κ2) is 7.34. The van der Waals surface area contributed by atoms with Crippen LogP contribution < -0.4 is 5.32 Å². The van der Waals surface area contributed by atoms with E-state index in [0.717, 1.165) is 34.9 Å². The quantitative estimate of drug-likeness (QED) is 0.667. The molecule has 2 aromatic rings. The third-order valence-electron chi connectivity index (χ3n) is 4.65. The maximum atomic E-state index is 12.4. The number of carbonyl (C=O) groups is 1. The molecular weight excluding hydrogens is 318 g/mol. The minimum Gasteiger partial charge on any atom is -0.349 e. The van der Waals surface area contributed by atoms with Gasteiger partial charge < -0.3 is 5.32 Å². The second-order valence-corrected chi connectivity index (χ2v) is 6.99. The van der Waals surface area contributed by atoms with Crippen molar-refractivity contribution in [2.45, 2.75) is 50.7 Å². The topological polar surface area (TPSA) is 54.9 Å². The van der Waals surface area contributed by atoms with E-state index < -0.39 is 0 Å². The van der Waals surface area contributed by atoms with Gasteiger partial charge in [0.1, 0.15) is 0 Å². The Labute approximate surface area is 147 Å². The number of nitrogens with one attached hydrogen (secondary N) is 1. The van der Waals surface area contributed by atoms with Crippen LogP contribution in [0.5, 0.6) is 0 Å². The monoisotopic (exact) mass is 341 g/mol. The van der Waals surface area contributed by atoms with Crippen LogP contribution in [0.25, 0.3) is 0 Å². The summed E-state index contributed by atoms with van der Waals surface area (Å²) in [5.41, 5.74) is 5.67. The van der Waals surface area contributed by atoms with Crippen molar-refractivity contribution < 1.29 is 4.79 Å². The molecule has 3 rings (SSSR count). The van der Waals surface area contributed by atoms with Crippen molar-refractivity contribution in [1.82, 2.24) is 15.3 Å². The molecule has 0 bridgehead atoms. The van der Waals surface area contributed by atoms with Crippen LogP contribution in [0.3, 0.4) is 0 Å². The Morgan fingerprint density at radius 1 is 1.25 bits per heavy atom. The first kappa shape index (κ1) is 17.0. The van der Waals surface area contributed by atoms with Gasteiger partial charge in [-0.3, -0.25) is 4.79 Å². The third-order valence-corrected chi connectivity index (χ3v) is 5.20. The van der Waals surface area contributed by atoms with E-state index in [9.17, 15) is 4.79 Å². The van der Waals surface area contributed by atoms with Gasteiger partial charge in [-0.25, -0.2) is 9.97 Å². The average Bonchev–Trinajstić information content (AvgIpc) is 2.97. The van der Waals surface area contributed by atoms with Crippen molar-refractivity contribution in [3.8, 4) is 0 Å². The van der Waals surface area contributed by atoms with Crippen molar-refractivity contribution >= 4 is 17.7 Å². The number of rotatable bonds is 5. The highest BCUT2D eigenvalue weighted by molar-refractivity contribution is 7.98. The van der Waals surface area contributed by atoms with Gasteiger partial charge >= 0.3 is 0 Å². The Balaban J connectivity index is 1.61. The van der Waals surface area contributed by atoms with Crippen LogP contribution in [0, 0.1) is 13.8 Å². The highest BCUT2D eigenvalue weighted by atomic mass is 32.2. The van der Waals surface area contributed by atoms with E-state index in [4.69, 9.17) is 0 Å². The number of hydrogen-bond donors (Lipinski definition) is 1. The van der Waals surface area contributed by atoms with Gasteiger partial charge in [-0.2, -0.15) is 0 Å². The lowest BCUT2D eigenvalue weighted by molar-refractivity contribution is -0.121. The highest BCUT2D eigenvalue weighted by Gasteiger charge is 2.23. The second-order valence-electron chi connectivity index (χ2n) is 6.22. The van der Waals surface area contributed by atoms with E-state index in [1.807, 2.05) is 26.2 Å². The molecule has 5 heteroatoms. The Morgan fingerprint density at radius 3 is 2.67 bits per heavy atom. The summed E-state index contributed by atoms with van der Waals surface area (Å²) in [5.74, 6) is 0.101. The zero-order valence-electron chi connectivity index (χ0n) is 14.4. The zero-order valence-corrected chi connectivity index (χ0v) is 15.2. The van der Waals surface area contributed by atoms with Gasteiger partial charge in [0.25, 0.3) is 0 Å². The Hall–Kier alpha value is -1.88. The van der Waals surface area contributed by atoms with Crippen LogP contribution in [-0.4, -0.2) is 22.1 Å². The van der Waals surface area contributed by atoms with Gasteiger partial charge in [-0.1, -0.05) is 36.0 Å². The third kappa shape index (κ3) is 3.61. The lowest BCUT2D eigenvalue weighted by atomic mass is 10.1. The fourth-order valence-corrected chi connectivity index (χ4v) is 3.83. The molecule has 1 N–H and O–H groups in total. The summed E-state index contributed by atoms with van der Waals surface area (Å²) in [6.07, 6.45) is 5.17. The molecule has 4 nitrogen and oxygen atoms in total. The standard InChI is InChI=1S/C19H23N3OS/c1-12-15(13(2)21-19(20-12)24-3)9-11-18(23)22-17-10-8-14-6-4-5-7-16(14)17/h4-7,17H,8-11H2,1-3H3,(H,22,23)/t17-/m1/s1. The molecule has 0 spiro atoms. The summed E-state index contributed by atoms with van der Waals surface area (Å²) < 4.78 is 0. The van der Waals surface area contributed by atoms with Crippen molar-refractivity contribution in [1.29, 1.82) is 0 Å². The summed E-state index contributed by atoms with van der Waals surface area (Å²) in [4.78, 5) is 21.3. The zero-order chi connectivity index (χ0) is 17.1. The fourth-order valence-electron chi connectivity index (χ4n) is 3.37. The number of aryl methyl sites for hydroxylation is 3. The number of carbonyl (C=O) groups excluding carboxylic acids is 1. The van der Waals surface area contributed by atoms with E-state index in [1.54, 1.807) is 11.8 Å². The van der Waals surface area contributed by atoms with E-state index in [-0.39, 0.29) is 11.9 Å². The van der Waals surface area contributed by atoms with E-state index in [0.29, 0.717) is 12.8 Å². The first-order valence-electron chi connectivity index (χ1n) is 8.33. The van der Waals surface area contributed by atoms with Gasteiger partial charge in [-0.15, -0.1) is 0 Å². The number of aromatic nitrogens is 2. The van der Waals surface area contributed by atoms with Crippen LogP contribution in [0.4, 0.5) is 0 Å². The minimum atomic E-state index is 0.101. The molecule has 0 fully saturated rings. The molecule has 1 heterocycles. The molecule has 1 aromatic carbocycles. The number of nitrogens with zero attached hydrogens (tertiary/aromatic N) is 2. The van der Waals surface area contributed by atoms with Crippen LogP contribution in [-0.2, 0) is 17.6 Å². The number of amides is 1. The van der Waals surface area contributed by atoms with Gasteiger partial charge in [-0.05, 0) is 56.1 Å². The summed E-state index contributed by atoms with van der Waals surface area (Å²) in [5, 5.41) is 3.98. The maximum Gasteiger partial charge on any atom is 0.220 e. The maximum absolute atomic E-state index is 12.4. The number of fused-ring (bicyclic) bond motifs is 1. The van der Waals surface area contributed by atoms with Gasteiger partial charge in [0.15, 0.2) is 5.16 Å². The van der Waals surface area contributed by atoms with Crippen LogP contribution in [0.15, 0.2) is 29.4 Å². The number of hydrogen-bond acceptors (Lipinski definition) is 4. The molecule has 1 aliphatic carbocycles. The molecule has 0 radical (unpaired) electrons. The molecular formula is C19H23N3OS. The predicted octanol–water partition coefficient (Wildman–Crippen LogP) is 3.55. The smallest absolute Gasteiger partial charge is 0.220 e. The predicted molar refractivity (Wildman–Crippen MR) is 97.3 cm³/mol. The van der Waals surface area contributed by atoms with Crippen molar-refractivity contribution in [3.05, 3.63) is 52.3 Å². The number of benzene rings is 1. The Morgan fingerprint density at radius 2 is 1.96 bits per heavy atom. The Bertz CT molecular complexity index is 737. The highest BCUT2D eigenvalue weighted by Crippen LogP contribution is 2.30. The molecule has 1 aromatic heterocycles. The number of thioether (sulfide) groups is 1. The largest absolute Gasteiger partial charge is 0.349 e. The van der Waals surface area contributed by atoms with E-state index in [2.05, 4.69) is 33.5 Å². The molecule has 1 aliphatic rings. The first-order chi connectivity index (χ1) is 11.6. The molecule has 1 amide bonds. The normalized spacial score (nSPS) is 16.0. The summed E-state index contributed by atoms with van der Waals surface area (Å²) in [6, 6.07) is 8.54. The van der Waals surface area contributed by atoms with Gasteiger partial charge in [0.05, 0.1) is 6.04 Å². The van der Waals surface area contributed by atoms with Crippen molar-refractivity contribution in [2.75, 3.05) is 6.26 Å². The Kier molecular flexibility index (Phi) is 5.19. The molecule has 0 aliphatic heterocycles. The SMILES string of the molecule is CSc1nc(C)c(CCC(=O)N[C@@H]2CCc3ccccc32)c(C)n1.